The summed E-state index contributed by atoms with van der Waals surface area (Å²) in [5, 5.41) is 13.6. The Kier molecular flexibility index (Phi) is 4.89. The van der Waals surface area contributed by atoms with Crippen molar-refractivity contribution in [1.82, 2.24) is 9.78 Å². The molecule has 0 radical (unpaired) electrons. The maximum atomic E-state index is 10.6. The summed E-state index contributed by atoms with van der Waals surface area (Å²) in [5.41, 5.74) is 0.0563. The second-order valence-electron chi connectivity index (χ2n) is 2.37. The van der Waals surface area contributed by atoms with Gasteiger partial charge in [-0.15, -0.1) is 0 Å². The smallest absolute Gasteiger partial charge is 0.767 e. The quantitative estimate of drug-likeness (QED) is 0.230. The third kappa shape index (κ3) is 2.39. The van der Waals surface area contributed by atoms with E-state index in [0.717, 1.165) is 4.68 Å². The molecule has 7 nitrogen and oxygen atoms in total. The molecule has 0 bridgehead atoms. The van der Waals surface area contributed by atoms with Crippen molar-refractivity contribution in [3.63, 3.8) is 0 Å². The predicted molar refractivity (Wildman–Crippen MR) is 41.8 cm³/mol. The fraction of sp³-hybridized carbons (Fsp3) is 0.400. The van der Waals surface area contributed by atoms with Gasteiger partial charge in [-0.25, -0.2) is 0 Å². The molecule has 14 heavy (non-hydrogen) atoms. The number of nitro groups is 1. The molecule has 1 aromatic heterocycles. The average molecular weight is 227 g/mol. The van der Waals surface area contributed by atoms with Crippen LogP contribution in [0.4, 0.5) is 5.82 Å². The van der Waals surface area contributed by atoms with Crippen molar-refractivity contribution >= 4 is 16.9 Å². The van der Waals surface area contributed by atoms with Gasteiger partial charge in [0.2, 0.25) is 0 Å². The molecule has 1 atom stereocenters. The van der Waals surface area contributed by atoms with Crippen molar-refractivity contribution < 1.29 is 43.2 Å². The van der Waals surface area contributed by atoms with Crippen LogP contribution in [-0.4, -0.2) is 23.5 Å². The zero-order chi connectivity index (χ0) is 10.2. The topological polar surface area (TPSA) is 101 Å². The second kappa shape index (κ2) is 4.99. The van der Waals surface area contributed by atoms with Crippen LogP contribution in [0.5, 0.6) is 0 Å². The van der Waals surface area contributed by atoms with Gasteiger partial charge in [-0.05, 0) is 22.9 Å². The van der Waals surface area contributed by atoms with Gasteiger partial charge in [-0.3, -0.25) is 4.21 Å². The average Bonchev–Trinajstić information content (AvgIpc) is 2.26. The molecule has 9 heteroatoms. The molecule has 0 fully saturated rings. The van der Waals surface area contributed by atoms with Crippen LogP contribution in [-0.2, 0) is 18.1 Å². The molecule has 0 saturated heterocycles. The fourth-order valence-electron chi connectivity index (χ4n) is 1.01. The van der Waals surface area contributed by atoms with Gasteiger partial charge >= 0.3 is 35.4 Å². The summed E-state index contributed by atoms with van der Waals surface area (Å²) in [5.74, 6) is -0.429. The van der Waals surface area contributed by atoms with Crippen LogP contribution in [0.1, 0.15) is 5.56 Å². The minimum absolute atomic E-state index is 0. The van der Waals surface area contributed by atoms with Crippen molar-refractivity contribution in [2.75, 3.05) is 0 Å². The van der Waals surface area contributed by atoms with Gasteiger partial charge < -0.3 is 14.7 Å². The van der Waals surface area contributed by atoms with Gasteiger partial charge in [0, 0.05) is 0 Å². The molecule has 0 spiro atoms. The van der Waals surface area contributed by atoms with Gasteiger partial charge in [0.25, 0.3) is 0 Å². The molecular weight excluding hydrogens is 221 g/mol. The molecule has 0 aromatic carbocycles. The number of aryl methyl sites for hydroxylation is 1. The third-order valence-electron chi connectivity index (χ3n) is 1.53. The van der Waals surface area contributed by atoms with Crippen LogP contribution in [0.15, 0.2) is 5.03 Å². The number of nitrogens with zero attached hydrogens (tertiary/aromatic N) is 3. The van der Waals surface area contributed by atoms with E-state index in [1.165, 1.54) is 14.0 Å². The van der Waals surface area contributed by atoms with Crippen molar-refractivity contribution in [1.29, 1.82) is 0 Å². The number of rotatable bonds is 2. The maximum absolute atomic E-state index is 10.6. The van der Waals surface area contributed by atoms with Crippen LogP contribution < -0.4 is 29.6 Å². The summed E-state index contributed by atoms with van der Waals surface area (Å²) in [4.78, 5) is 9.62. The van der Waals surface area contributed by atoms with Gasteiger partial charge in [0.15, 0.2) is 0 Å². The number of aromatic nitrogens is 2. The minimum Gasteiger partial charge on any atom is -0.767 e. The number of hydrogen-bond acceptors (Lipinski definition) is 5. The normalized spacial score (nSPS) is 11.9. The molecule has 0 N–H and O–H groups in total. The maximum Gasteiger partial charge on any atom is 1.00 e. The zero-order valence-corrected chi connectivity index (χ0v) is 10.7. The summed E-state index contributed by atoms with van der Waals surface area (Å²) < 4.78 is 22.2. The molecule has 1 unspecified atom stereocenters. The first-order valence-corrected chi connectivity index (χ1v) is 4.30. The molecule has 0 amide bonds. The van der Waals surface area contributed by atoms with E-state index in [1.807, 2.05) is 0 Å². The van der Waals surface area contributed by atoms with Crippen molar-refractivity contribution in [2.45, 2.75) is 11.9 Å². The molecule has 0 saturated carbocycles. The van der Waals surface area contributed by atoms with E-state index in [-0.39, 0.29) is 40.1 Å². The summed E-state index contributed by atoms with van der Waals surface area (Å²) in [6.07, 6.45) is 0. The standard InChI is InChI=1S/C5H7N3O4S.Na/c1-3-4(8(9)10)6-7(2)5(3)13(11)12;/h1-2H3,(H,11,12);/q;+1/p-1. The summed E-state index contributed by atoms with van der Waals surface area (Å²) in [6.45, 7) is 1.34. The molecule has 1 heterocycles. The van der Waals surface area contributed by atoms with Crippen LogP contribution in [0, 0.1) is 17.0 Å². The largest absolute Gasteiger partial charge is 1.00 e. The van der Waals surface area contributed by atoms with Gasteiger partial charge in [0.1, 0.15) is 5.03 Å². The molecule has 72 valence electrons. The van der Waals surface area contributed by atoms with E-state index in [2.05, 4.69) is 5.10 Å². The van der Waals surface area contributed by atoms with Crippen molar-refractivity contribution in [2.24, 2.45) is 7.05 Å². The number of hydrogen-bond donors (Lipinski definition) is 0. The first-order valence-electron chi connectivity index (χ1n) is 3.22. The first kappa shape index (κ1) is 13.7. The Bertz CT molecular complexity index is 391. The monoisotopic (exact) mass is 227 g/mol. The summed E-state index contributed by atoms with van der Waals surface area (Å²) in [6, 6.07) is 0. The molecule has 1 aromatic rings. The van der Waals surface area contributed by atoms with Crippen LogP contribution >= 0.6 is 0 Å². The Morgan fingerprint density at radius 1 is 1.57 bits per heavy atom. The van der Waals surface area contributed by atoms with E-state index in [4.69, 9.17) is 0 Å². The van der Waals surface area contributed by atoms with E-state index < -0.39 is 21.8 Å². The summed E-state index contributed by atoms with van der Waals surface area (Å²) in [7, 11) is 1.34. The molecule has 0 aliphatic carbocycles. The van der Waals surface area contributed by atoms with Crippen LogP contribution in [0.2, 0.25) is 0 Å². The van der Waals surface area contributed by atoms with Crippen LogP contribution in [0.3, 0.4) is 0 Å². The van der Waals surface area contributed by atoms with E-state index in [1.54, 1.807) is 0 Å². The minimum atomic E-state index is -2.50. The fourth-order valence-corrected chi connectivity index (χ4v) is 1.61. The second-order valence-corrected chi connectivity index (χ2v) is 3.23. The Labute approximate surface area is 104 Å². The van der Waals surface area contributed by atoms with Gasteiger partial charge in [0.05, 0.1) is 17.7 Å². The van der Waals surface area contributed by atoms with E-state index >= 15 is 0 Å². The van der Waals surface area contributed by atoms with Gasteiger partial charge in [-0.1, -0.05) is 0 Å². The van der Waals surface area contributed by atoms with Crippen molar-refractivity contribution in [3.8, 4) is 0 Å². The van der Waals surface area contributed by atoms with E-state index in [9.17, 15) is 18.9 Å². The molecule has 0 aliphatic rings. The zero-order valence-electron chi connectivity index (χ0n) is 7.88. The Morgan fingerprint density at radius 2 is 2.07 bits per heavy atom. The SMILES string of the molecule is Cc1c([N+](=O)[O-])nn(C)c1S(=O)[O-].[Na+]. The molecule has 1 rings (SSSR count). The van der Waals surface area contributed by atoms with Gasteiger partial charge in [-0.2, -0.15) is 4.68 Å². The van der Waals surface area contributed by atoms with Crippen molar-refractivity contribution in [3.05, 3.63) is 15.7 Å². The Balaban J connectivity index is 0.00000169. The molecule has 0 aliphatic heterocycles. The predicted octanol–water partition coefficient (Wildman–Crippen LogP) is -3.12. The third-order valence-corrected chi connectivity index (χ3v) is 2.41. The van der Waals surface area contributed by atoms with Crippen LogP contribution in [0.25, 0.3) is 0 Å². The van der Waals surface area contributed by atoms with E-state index in [0.29, 0.717) is 0 Å². The summed E-state index contributed by atoms with van der Waals surface area (Å²) >= 11 is -2.50. The Morgan fingerprint density at radius 3 is 2.29 bits per heavy atom. The Hall–Kier alpha value is -0.280. The molecular formula is C5H6N3NaO4S. The first-order chi connectivity index (χ1) is 5.95.